The zero-order valence-corrected chi connectivity index (χ0v) is 10.5. The Morgan fingerprint density at radius 3 is 2.80 bits per heavy atom. The molecule has 0 saturated carbocycles. The number of oxazole rings is 1. The first-order valence-electron chi connectivity index (χ1n) is 6.29. The van der Waals surface area contributed by atoms with Gasteiger partial charge in [-0.2, -0.15) is 0 Å². The lowest BCUT2D eigenvalue weighted by atomic mass is 10.2. The molecular formula is C15H11N3O2. The van der Waals surface area contributed by atoms with Crippen LogP contribution >= 0.6 is 0 Å². The second-order valence-electron chi connectivity index (χ2n) is 4.56. The minimum atomic E-state index is -0.104. The SMILES string of the molecule is OCc1nc2ccc(-c3nc4ccccc4o3)cc2[nH]1. The molecule has 0 bridgehead atoms. The van der Waals surface area contributed by atoms with E-state index in [1.807, 2.05) is 42.5 Å². The van der Waals surface area contributed by atoms with Crippen molar-refractivity contribution in [2.75, 3.05) is 0 Å². The average Bonchev–Trinajstić information content (AvgIpc) is 3.09. The molecule has 2 heterocycles. The maximum atomic E-state index is 9.10. The van der Waals surface area contributed by atoms with Crippen LogP contribution in [0.25, 0.3) is 33.6 Å². The molecule has 0 aliphatic rings. The summed E-state index contributed by atoms with van der Waals surface area (Å²) in [6.07, 6.45) is 0. The lowest BCUT2D eigenvalue weighted by Crippen LogP contribution is -1.83. The molecule has 0 fully saturated rings. The molecule has 5 nitrogen and oxygen atoms in total. The highest BCUT2D eigenvalue weighted by atomic mass is 16.3. The summed E-state index contributed by atoms with van der Waals surface area (Å²) >= 11 is 0. The van der Waals surface area contributed by atoms with E-state index in [4.69, 9.17) is 9.52 Å². The first-order valence-corrected chi connectivity index (χ1v) is 6.29. The summed E-state index contributed by atoms with van der Waals surface area (Å²) in [6, 6.07) is 13.4. The fourth-order valence-corrected chi connectivity index (χ4v) is 2.27. The van der Waals surface area contributed by atoms with E-state index in [1.165, 1.54) is 0 Å². The predicted octanol–water partition coefficient (Wildman–Crippen LogP) is 2.86. The van der Waals surface area contributed by atoms with Crippen LogP contribution < -0.4 is 0 Å². The Balaban J connectivity index is 1.88. The first-order chi connectivity index (χ1) is 9.83. The fraction of sp³-hybridized carbons (Fsp3) is 0.0667. The molecular weight excluding hydrogens is 254 g/mol. The summed E-state index contributed by atoms with van der Waals surface area (Å²) in [5, 5.41) is 9.10. The van der Waals surface area contributed by atoms with Crippen LogP contribution in [0.4, 0.5) is 0 Å². The maximum Gasteiger partial charge on any atom is 0.227 e. The van der Waals surface area contributed by atoms with Gasteiger partial charge in [0, 0.05) is 5.56 Å². The van der Waals surface area contributed by atoms with E-state index in [9.17, 15) is 0 Å². The third-order valence-corrected chi connectivity index (χ3v) is 3.22. The monoisotopic (exact) mass is 265 g/mol. The summed E-state index contributed by atoms with van der Waals surface area (Å²) in [5.74, 6) is 1.13. The van der Waals surface area contributed by atoms with Crippen molar-refractivity contribution < 1.29 is 9.52 Å². The van der Waals surface area contributed by atoms with Crippen molar-refractivity contribution in [3.05, 3.63) is 48.3 Å². The van der Waals surface area contributed by atoms with Crippen LogP contribution in [0.5, 0.6) is 0 Å². The summed E-state index contributed by atoms with van der Waals surface area (Å²) in [5.41, 5.74) is 4.15. The molecule has 2 aromatic heterocycles. The Labute approximate surface area is 113 Å². The van der Waals surface area contributed by atoms with Gasteiger partial charge in [0.2, 0.25) is 5.89 Å². The number of aromatic amines is 1. The topological polar surface area (TPSA) is 74.9 Å². The van der Waals surface area contributed by atoms with Gasteiger partial charge in [-0.3, -0.25) is 0 Å². The Hall–Kier alpha value is -2.66. The molecule has 0 amide bonds. The number of nitrogens with zero attached hydrogens (tertiary/aromatic N) is 2. The molecule has 0 aliphatic heterocycles. The first kappa shape index (κ1) is 11.2. The van der Waals surface area contributed by atoms with Gasteiger partial charge in [-0.15, -0.1) is 0 Å². The average molecular weight is 265 g/mol. The van der Waals surface area contributed by atoms with Gasteiger partial charge in [-0.05, 0) is 30.3 Å². The van der Waals surface area contributed by atoms with E-state index < -0.39 is 0 Å². The molecule has 5 heteroatoms. The summed E-state index contributed by atoms with van der Waals surface area (Å²) in [4.78, 5) is 11.8. The van der Waals surface area contributed by atoms with Crippen LogP contribution in [-0.2, 0) is 6.61 Å². The quantitative estimate of drug-likeness (QED) is 0.584. The zero-order valence-electron chi connectivity index (χ0n) is 10.5. The molecule has 2 N–H and O–H groups in total. The van der Waals surface area contributed by atoms with Crippen LogP contribution in [0, 0.1) is 0 Å². The highest BCUT2D eigenvalue weighted by Crippen LogP contribution is 2.26. The van der Waals surface area contributed by atoms with Crippen LogP contribution in [0.3, 0.4) is 0 Å². The van der Waals surface area contributed by atoms with E-state index in [0.29, 0.717) is 11.7 Å². The van der Waals surface area contributed by atoms with Gasteiger partial charge in [-0.1, -0.05) is 12.1 Å². The second kappa shape index (κ2) is 4.18. The van der Waals surface area contributed by atoms with E-state index in [1.54, 1.807) is 0 Å². The number of fused-ring (bicyclic) bond motifs is 2. The Bertz CT molecular complexity index is 875. The van der Waals surface area contributed by atoms with Crippen molar-refractivity contribution in [1.29, 1.82) is 0 Å². The van der Waals surface area contributed by atoms with Crippen LogP contribution in [0.1, 0.15) is 5.82 Å². The van der Waals surface area contributed by atoms with E-state index >= 15 is 0 Å². The maximum absolute atomic E-state index is 9.10. The number of nitrogens with one attached hydrogen (secondary N) is 1. The number of aliphatic hydroxyl groups is 1. The molecule has 4 aromatic rings. The molecule has 0 radical (unpaired) electrons. The van der Waals surface area contributed by atoms with Gasteiger partial charge in [0.25, 0.3) is 0 Å². The Morgan fingerprint density at radius 2 is 1.95 bits per heavy atom. The lowest BCUT2D eigenvalue weighted by molar-refractivity contribution is 0.273. The smallest absolute Gasteiger partial charge is 0.227 e. The predicted molar refractivity (Wildman–Crippen MR) is 75.0 cm³/mol. The minimum Gasteiger partial charge on any atom is -0.436 e. The molecule has 4 rings (SSSR count). The van der Waals surface area contributed by atoms with Gasteiger partial charge >= 0.3 is 0 Å². The molecule has 0 atom stereocenters. The van der Waals surface area contributed by atoms with Crippen LogP contribution in [0.2, 0.25) is 0 Å². The molecule has 0 unspecified atom stereocenters. The van der Waals surface area contributed by atoms with Crippen molar-refractivity contribution in [3.8, 4) is 11.5 Å². The molecule has 0 aliphatic carbocycles. The molecule has 2 aromatic carbocycles. The number of rotatable bonds is 2. The van der Waals surface area contributed by atoms with E-state index in [2.05, 4.69) is 15.0 Å². The number of para-hydroxylation sites is 2. The van der Waals surface area contributed by atoms with Gasteiger partial charge in [0.05, 0.1) is 11.0 Å². The fourth-order valence-electron chi connectivity index (χ4n) is 2.27. The van der Waals surface area contributed by atoms with Crippen LogP contribution in [0.15, 0.2) is 46.9 Å². The zero-order chi connectivity index (χ0) is 13.5. The highest BCUT2D eigenvalue weighted by Gasteiger charge is 2.09. The largest absolute Gasteiger partial charge is 0.436 e. The summed E-state index contributed by atoms with van der Waals surface area (Å²) in [6.45, 7) is -0.104. The number of hydrogen-bond acceptors (Lipinski definition) is 4. The molecule has 98 valence electrons. The van der Waals surface area contributed by atoms with Gasteiger partial charge < -0.3 is 14.5 Å². The molecule has 0 spiro atoms. The standard InChI is InChI=1S/C15H11N3O2/c19-8-14-16-10-6-5-9(7-12(10)17-14)15-18-11-3-1-2-4-13(11)20-15/h1-7,19H,8H2,(H,16,17). The Morgan fingerprint density at radius 1 is 1.05 bits per heavy atom. The van der Waals surface area contributed by atoms with Crippen molar-refractivity contribution in [3.63, 3.8) is 0 Å². The number of aliphatic hydroxyl groups excluding tert-OH is 1. The van der Waals surface area contributed by atoms with Crippen molar-refractivity contribution in [2.45, 2.75) is 6.61 Å². The summed E-state index contributed by atoms with van der Waals surface area (Å²) < 4.78 is 5.74. The van der Waals surface area contributed by atoms with Gasteiger partial charge in [0.15, 0.2) is 5.58 Å². The molecule has 20 heavy (non-hydrogen) atoms. The second-order valence-corrected chi connectivity index (χ2v) is 4.56. The molecule has 0 saturated heterocycles. The minimum absolute atomic E-state index is 0.104. The van der Waals surface area contributed by atoms with Gasteiger partial charge in [-0.25, -0.2) is 9.97 Å². The summed E-state index contributed by atoms with van der Waals surface area (Å²) in [7, 11) is 0. The number of benzene rings is 2. The van der Waals surface area contributed by atoms with E-state index in [-0.39, 0.29) is 6.61 Å². The lowest BCUT2D eigenvalue weighted by Gasteiger charge is -1.94. The van der Waals surface area contributed by atoms with Crippen molar-refractivity contribution in [1.82, 2.24) is 15.0 Å². The van der Waals surface area contributed by atoms with Crippen molar-refractivity contribution >= 4 is 22.1 Å². The number of imidazole rings is 1. The number of aromatic nitrogens is 3. The van der Waals surface area contributed by atoms with Crippen molar-refractivity contribution in [2.24, 2.45) is 0 Å². The normalized spacial score (nSPS) is 11.4. The van der Waals surface area contributed by atoms with Gasteiger partial charge in [0.1, 0.15) is 17.9 Å². The van der Waals surface area contributed by atoms with Crippen LogP contribution in [-0.4, -0.2) is 20.1 Å². The third kappa shape index (κ3) is 1.68. The Kier molecular flexibility index (Phi) is 2.34. The number of H-pyrrole nitrogens is 1. The number of hydrogen-bond donors (Lipinski definition) is 2. The van der Waals surface area contributed by atoms with E-state index in [0.717, 1.165) is 27.7 Å². The highest BCUT2D eigenvalue weighted by molar-refractivity contribution is 5.82. The third-order valence-electron chi connectivity index (χ3n) is 3.22.